The van der Waals surface area contributed by atoms with Crippen molar-refractivity contribution in [1.29, 1.82) is 0 Å². The Kier molecular flexibility index (Phi) is 2.70. The number of hydrogen-bond acceptors (Lipinski definition) is 5. The number of benzene rings is 1. The van der Waals surface area contributed by atoms with Gasteiger partial charge in [0.1, 0.15) is 5.52 Å². The lowest BCUT2D eigenvalue weighted by atomic mass is 10.1. The first kappa shape index (κ1) is 10.8. The van der Waals surface area contributed by atoms with Gasteiger partial charge in [0, 0.05) is 12.1 Å². The highest BCUT2D eigenvalue weighted by Crippen LogP contribution is 2.09. The zero-order chi connectivity index (χ0) is 11.6. The average molecular weight is 217 g/mol. The first-order valence-corrected chi connectivity index (χ1v) is 5.17. The zero-order valence-electron chi connectivity index (χ0n) is 9.44. The van der Waals surface area contributed by atoms with E-state index in [1.54, 1.807) is 0 Å². The minimum Gasteiger partial charge on any atom is -0.351 e. The summed E-state index contributed by atoms with van der Waals surface area (Å²) < 4.78 is 0. The highest BCUT2D eigenvalue weighted by Gasteiger charge is 2.10. The van der Waals surface area contributed by atoms with Crippen LogP contribution in [0.1, 0.15) is 13.8 Å². The van der Waals surface area contributed by atoms with Crippen LogP contribution in [0, 0.1) is 0 Å². The van der Waals surface area contributed by atoms with E-state index >= 15 is 0 Å². The van der Waals surface area contributed by atoms with Crippen molar-refractivity contribution in [3.05, 3.63) is 24.3 Å². The van der Waals surface area contributed by atoms with Crippen LogP contribution in [0.3, 0.4) is 0 Å². The first-order chi connectivity index (χ1) is 7.54. The minimum absolute atomic E-state index is 0.297. The Labute approximate surface area is 94.1 Å². The Hall–Kier alpha value is -1.75. The third kappa shape index (κ3) is 2.64. The number of nitrogens with zero attached hydrogens (tertiary/aromatic N) is 3. The second kappa shape index (κ2) is 4.02. The predicted octanol–water partition coefficient (Wildman–Crippen LogP) is 1.17. The number of rotatable bonds is 3. The van der Waals surface area contributed by atoms with Gasteiger partial charge in [-0.05, 0) is 26.0 Å². The fourth-order valence-electron chi connectivity index (χ4n) is 1.26. The molecule has 2 aromatic rings. The molecular weight excluding hydrogens is 202 g/mol. The Balaban J connectivity index is 2.20. The van der Waals surface area contributed by atoms with Crippen molar-refractivity contribution < 1.29 is 0 Å². The number of nitrogens with two attached hydrogens (primary N) is 1. The highest BCUT2D eigenvalue weighted by molar-refractivity contribution is 5.73. The number of nitrogens with one attached hydrogen (secondary N) is 1. The summed E-state index contributed by atoms with van der Waals surface area (Å²) in [5.74, 6) is 0.511. The van der Waals surface area contributed by atoms with E-state index in [-0.39, 0.29) is 5.54 Å². The van der Waals surface area contributed by atoms with Gasteiger partial charge in [-0.2, -0.15) is 0 Å². The lowest BCUT2D eigenvalue weighted by Crippen LogP contribution is -2.40. The van der Waals surface area contributed by atoms with Crippen LogP contribution >= 0.6 is 0 Å². The van der Waals surface area contributed by atoms with Crippen LogP contribution in [0.2, 0.25) is 0 Å². The van der Waals surface area contributed by atoms with Crippen molar-refractivity contribution in [3.63, 3.8) is 0 Å². The lowest BCUT2D eigenvalue weighted by molar-refractivity contribution is 0.547. The molecule has 1 aromatic carbocycles. The molecule has 0 aliphatic carbocycles. The summed E-state index contributed by atoms with van der Waals surface area (Å²) >= 11 is 0. The Bertz CT molecular complexity index is 489. The third-order valence-electron chi connectivity index (χ3n) is 2.06. The number of anilines is 1. The van der Waals surface area contributed by atoms with Gasteiger partial charge in [-0.15, -0.1) is 10.2 Å². The van der Waals surface area contributed by atoms with Crippen LogP contribution in [0.5, 0.6) is 0 Å². The van der Waals surface area contributed by atoms with Crippen molar-refractivity contribution >= 4 is 17.0 Å². The molecule has 0 saturated heterocycles. The summed E-state index contributed by atoms with van der Waals surface area (Å²) in [6.45, 7) is 4.48. The van der Waals surface area contributed by atoms with Crippen molar-refractivity contribution in [3.8, 4) is 0 Å². The molecule has 0 aliphatic rings. The number of hydrogen-bond donors (Lipinski definition) is 2. The topological polar surface area (TPSA) is 76.7 Å². The second-order valence-corrected chi connectivity index (χ2v) is 4.47. The van der Waals surface area contributed by atoms with Gasteiger partial charge >= 0.3 is 0 Å². The van der Waals surface area contributed by atoms with E-state index in [0.29, 0.717) is 12.5 Å². The molecule has 0 fully saturated rings. The molecule has 0 atom stereocenters. The Morgan fingerprint density at radius 3 is 2.56 bits per heavy atom. The van der Waals surface area contributed by atoms with E-state index in [1.165, 1.54) is 0 Å². The summed E-state index contributed by atoms with van der Waals surface area (Å²) in [6, 6.07) is 7.62. The Morgan fingerprint density at radius 1 is 1.19 bits per heavy atom. The molecule has 16 heavy (non-hydrogen) atoms. The molecule has 0 saturated carbocycles. The normalized spacial score (nSPS) is 11.7. The summed E-state index contributed by atoms with van der Waals surface area (Å²) in [6.07, 6.45) is 0. The third-order valence-corrected chi connectivity index (χ3v) is 2.06. The molecule has 0 aliphatic heterocycles. The first-order valence-electron chi connectivity index (χ1n) is 5.17. The standard InChI is InChI=1S/C11H15N5/c1-11(2,12)7-13-10-14-8-5-3-4-6-9(8)15-16-10/h3-6H,7,12H2,1-2H3,(H,13,14,16). The SMILES string of the molecule is CC(C)(N)CNc1nnc2ccccc2n1. The molecule has 0 bridgehead atoms. The van der Waals surface area contributed by atoms with E-state index in [1.807, 2.05) is 38.1 Å². The van der Waals surface area contributed by atoms with Crippen LogP contribution in [0.25, 0.3) is 11.0 Å². The molecule has 0 unspecified atom stereocenters. The van der Waals surface area contributed by atoms with E-state index in [9.17, 15) is 0 Å². The molecule has 0 spiro atoms. The Morgan fingerprint density at radius 2 is 1.88 bits per heavy atom. The van der Waals surface area contributed by atoms with Crippen LogP contribution in [-0.4, -0.2) is 27.3 Å². The second-order valence-electron chi connectivity index (χ2n) is 4.47. The van der Waals surface area contributed by atoms with Crippen LogP contribution in [0.4, 0.5) is 5.95 Å². The maximum Gasteiger partial charge on any atom is 0.243 e. The molecule has 84 valence electrons. The highest BCUT2D eigenvalue weighted by atomic mass is 15.2. The zero-order valence-corrected chi connectivity index (χ0v) is 9.44. The van der Waals surface area contributed by atoms with Crippen molar-refractivity contribution in [2.24, 2.45) is 5.73 Å². The van der Waals surface area contributed by atoms with E-state index in [4.69, 9.17) is 5.73 Å². The average Bonchev–Trinajstić information content (AvgIpc) is 2.25. The maximum absolute atomic E-state index is 5.86. The quantitative estimate of drug-likeness (QED) is 0.807. The molecule has 0 amide bonds. The van der Waals surface area contributed by atoms with Gasteiger partial charge in [0.25, 0.3) is 0 Å². The monoisotopic (exact) mass is 217 g/mol. The molecule has 5 nitrogen and oxygen atoms in total. The maximum atomic E-state index is 5.86. The fourth-order valence-corrected chi connectivity index (χ4v) is 1.26. The van der Waals surface area contributed by atoms with Crippen molar-refractivity contribution in [2.45, 2.75) is 19.4 Å². The van der Waals surface area contributed by atoms with E-state index < -0.39 is 0 Å². The molecule has 1 heterocycles. The van der Waals surface area contributed by atoms with Gasteiger partial charge in [-0.25, -0.2) is 4.98 Å². The van der Waals surface area contributed by atoms with Crippen LogP contribution < -0.4 is 11.1 Å². The van der Waals surface area contributed by atoms with Gasteiger partial charge in [0.15, 0.2) is 0 Å². The van der Waals surface area contributed by atoms with E-state index in [2.05, 4.69) is 20.5 Å². The summed E-state index contributed by atoms with van der Waals surface area (Å²) in [4.78, 5) is 4.34. The molecule has 3 N–H and O–H groups in total. The van der Waals surface area contributed by atoms with Gasteiger partial charge in [-0.3, -0.25) is 0 Å². The van der Waals surface area contributed by atoms with Crippen LogP contribution in [0.15, 0.2) is 24.3 Å². The van der Waals surface area contributed by atoms with Crippen molar-refractivity contribution in [2.75, 3.05) is 11.9 Å². The predicted molar refractivity (Wildman–Crippen MR) is 64.1 cm³/mol. The fraction of sp³-hybridized carbons (Fsp3) is 0.364. The van der Waals surface area contributed by atoms with Crippen LogP contribution in [-0.2, 0) is 0 Å². The van der Waals surface area contributed by atoms with E-state index in [0.717, 1.165) is 11.0 Å². The molecule has 0 radical (unpaired) electrons. The number of aromatic nitrogens is 3. The number of fused-ring (bicyclic) bond motifs is 1. The summed E-state index contributed by atoms with van der Waals surface area (Å²) in [5.41, 5.74) is 7.18. The molecule has 1 aromatic heterocycles. The minimum atomic E-state index is -0.297. The summed E-state index contributed by atoms with van der Waals surface area (Å²) in [7, 11) is 0. The van der Waals surface area contributed by atoms with Gasteiger partial charge in [0.2, 0.25) is 5.95 Å². The van der Waals surface area contributed by atoms with Crippen molar-refractivity contribution in [1.82, 2.24) is 15.2 Å². The molecule has 5 heteroatoms. The van der Waals surface area contributed by atoms with Gasteiger partial charge < -0.3 is 11.1 Å². The smallest absolute Gasteiger partial charge is 0.243 e. The number of para-hydroxylation sites is 1. The van der Waals surface area contributed by atoms with Gasteiger partial charge in [-0.1, -0.05) is 12.1 Å². The summed E-state index contributed by atoms with van der Waals surface area (Å²) in [5, 5.41) is 11.1. The lowest BCUT2D eigenvalue weighted by Gasteiger charge is -2.18. The largest absolute Gasteiger partial charge is 0.351 e. The molecule has 2 rings (SSSR count). The molecular formula is C11H15N5. The van der Waals surface area contributed by atoms with Gasteiger partial charge in [0.05, 0.1) is 5.52 Å².